The fourth-order valence-electron chi connectivity index (χ4n) is 2.99. The summed E-state index contributed by atoms with van der Waals surface area (Å²) >= 11 is 1.37. The van der Waals surface area contributed by atoms with Gasteiger partial charge in [-0.3, -0.25) is 9.36 Å². The monoisotopic (exact) mass is 379 g/mol. The number of anilines is 2. The number of thioether (sulfide) groups is 1. The van der Waals surface area contributed by atoms with E-state index in [0.29, 0.717) is 17.1 Å². The van der Waals surface area contributed by atoms with Gasteiger partial charge in [0.2, 0.25) is 11.9 Å². The van der Waals surface area contributed by atoms with Crippen LogP contribution in [0.3, 0.4) is 0 Å². The van der Waals surface area contributed by atoms with Crippen molar-refractivity contribution in [2.45, 2.75) is 30.5 Å². The molecular formula is C20H21N5OS. The molecule has 1 fully saturated rings. The summed E-state index contributed by atoms with van der Waals surface area (Å²) < 4.78 is 1.93. The molecule has 4 rings (SSSR count). The van der Waals surface area contributed by atoms with Crippen LogP contribution in [0, 0.1) is 0 Å². The second-order valence-corrected chi connectivity index (χ2v) is 7.54. The van der Waals surface area contributed by atoms with Crippen molar-refractivity contribution in [2.24, 2.45) is 0 Å². The molecule has 3 N–H and O–H groups in total. The van der Waals surface area contributed by atoms with Crippen LogP contribution in [0.2, 0.25) is 0 Å². The predicted molar refractivity (Wildman–Crippen MR) is 108 cm³/mol. The topological polar surface area (TPSA) is 85.8 Å². The number of aromatic nitrogens is 3. The third kappa shape index (κ3) is 4.31. The first kappa shape index (κ1) is 17.6. The second kappa shape index (κ2) is 7.84. The van der Waals surface area contributed by atoms with E-state index in [0.717, 1.165) is 30.5 Å². The number of hydrogen-bond acceptors (Lipinski definition) is 5. The van der Waals surface area contributed by atoms with Crippen molar-refractivity contribution < 1.29 is 4.79 Å². The molecule has 7 heteroatoms. The molecule has 3 aromatic rings. The molecule has 0 unspecified atom stereocenters. The zero-order chi connectivity index (χ0) is 18.6. The Balaban J connectivity index is 1.40. The lowest BCUT2D eigenvalue weighted by Crippen LogP contribution is -2.16. The number of nitrogen functional groups attached to an aromatic ring is 1. The number of para-hydroxylation sites is 1. The predicted octanol–water partition coefficient (Wildman–Crippen LogP) is 3.52. The largest absolute Gasteiger partial charge is 0.368 e. The maximum absolute atomic E-state index is 12.5. The molecule has 1 amide bonds. The van der Waals surface area contributed by atoms with Crippen molar-refractivity contribution in [2.75, 3.05) is 16.8 Å². The van der Waals surface area contributed by atoms with Crippen LogP contribution in [0.1, 0.15) is 30.0 Å². The first-order valence-corrected chi connectivity index (χ1v) is 9.94. The number of benzene rings is 2. The lowest BCUT2D eigenvalue weighted by Gasteiger charge is -2.11. The summed E-state index contributed by atoms with van der Waals surface area (Å²) in [6.45, 7) is 0. The summed E-state index contributed by atoms with van der Waals surface area (Å²) in [5.74, 6) is 0.628. The fraction of sp³-hybridized carbons (Fsp3) is 0.250. The summed E-state index contributed by atoms with van der Waals surface area (Å²) in [4.78, 5) is 12.5. The van der Waals surface area contributed by atoms with Crippen LogP contribution in [-0.2, 0) is 11.2 Å². The maximum atomic E-state index is 12.5. The third-order valence-corrected chi connectivity index (χ3v) is 5.41. The van der Waals surface area contributed by atoms with Crippen LogP contribution in [0.15, 0.2) is 59.8 Å². The van der Waals surface area contributed by atoms with Crippen molar-refractivity contribution in [3.05, 3.63) is 65.7 Å². The summed E-state index contributed by atoms with van der Waals surface area (Å²) in [6.07, 6.45) is 2.96. The molecule has 0 aliphatic heterocycles. The number of amides is 1. The minimum absolute atomic E-state index is 0.0653. The van der Waals surface area contributed by atoms with E-state index in [2.05, 4.69) is 27.6 Å². The van der Waals surface area contributed by atoms with Crippen LogP contribution < -0.4 is 11.1 Å². The van der Waals surface area contributed by atoms with Gasteiger partial charge in [0, 0.05) is 11.7 Å². The van der Waals surface area contributed by atoms with E-state index in [1.165, 1.54) is 17.3 Å². The van der Waals surface area contributed by atoms with Crippen LogP contribution in [0.5, 0.6) is 0 Å². The van der Waals surface area contributed by atoms with Crippen molar-refractivity contribution in [1.82, 2.24) is 14.8 Å². The van der Waals surface area contributed by atoms with Crippen molar-refractivity contribution in [1.29, 1.82) is 0 Å². The molecule has 1 aliphatic rings. The Kier molecular flexibility index (Phi) is 5.11. The highest BCUT2D eigenvalue weighted by atomic mass is 32.2. The SMILES string of the molecule is Nc1nnc(SCC(=O)Nc2ccccc2Cc2ccccc2)n1C1CC1. The molecule has 27 heavy (non-hydrogen) atoms. The van der Waals surface area contributed by atoms with Crippen LogP contribution >= 0.6 is 11.8 Å². The Hall–Kier alpha value is -2.80. The highest BCUT2D eigenvalue weighted by Crippen LogP contribution is 2.39. The Morgan fingerprint density at radius 2 is 1.85 bits per heavy atom. The Morgan fingerprint density at radius 3 is 2.63 bits per heavy atom. The average Bonchev–Trinajstić information content (AvgIpc) is 3.45. The quantitative estimate of drug-likeness (QED) is 0.614. The Morgan fingerprint density at radius 1 is 1.11 bits per heavy atom. The summed E-state index contributed by atoms with van der Waals surface area (Å²) in [5.41, 5.74) is 9.02. The van der Waals surface area contributed by atoms with E-state index < -0.39 is 0 Å². The normalized spacial score (nSPS) is 13.5. The molecule has 0 radical (unpaired) electrons. The molecule has 138 valence electrons. The van der Waals surface area contributed by atoms with E-state index in [1.807, 2.05) is 47.0 Å². The number of nitrogens with zero attached hydrogens (tertiary/aromatic N) is 3. The number of carbonyl (C=O) groups excluding carboxylic acids is 1. The molecule has 1 heterocycles. The number of carbonyl (C=O) groups is 1. The molecule has 0 spiro atoms. The second-order valence-electron chi connectivity index (χ2n) is 6.60. The van der Waals surface area contributed by atoms with Gasteiger partial charge in [-0.05, 0) is 36.5 Å². The summed E-state index contributed by atoms with van der Waals surface area (Å²) in [6, 6.07) is 18.5. The lowest BCUT2D eigenvalue weighted by molar-refractivity contribution is -0.113. The van der Waals surface area contributed by atoms with Gasteiger partial charge in [-0.2, -0.15) is 0 Å². The minimum atomic E-state index is -0.0653. The summed E-state index contributed by atoms with van der Waals surface area (Å²) in [5, 5.41) is 11.8. The van der Waals surface area contributed by atoms with Crippen molar-refractivity contribution >= 4 is 29.3 Å². The van der Waals surface area contributed by atoms with Gasteiger partial charge in [-0.15, -0.1) is 10.2 Å². The highest BCUT2D eigenvalue weighted by Gasteiger charge is 2.29. The van der Waals surface area contributed by atoms with E-state index in [-0.39, 0.29) is 11.7 Å². The molecule has 1 aromatic heterocycles. The third-order valence-electron chi connectivity index (χ3n) is 4.46. The van der Waals surface area contributed by atoms with Gasteiger partial charge in [0.15, 0.2) is 5.16 Å². The van der Waals surface area contributed by atoms with E-state index >= 15 is 0 Å². The molecule has 0 atom stereocenters. The number of hydrogen-bond donors (Lipinski definition) is 2. The van der Waals surface area contributed by atoms with Gasteiger partial charge in [-0.1, -0.05) is 60.3 Å². The number of nitrogens with one attached hydrogen (secondary N) is 1. The maximum Gasteiger partial charge on any atom is 0.234 e. The number of nitrogens with two attached hydrogens (primary N) is 1. The van der Waals surface area contributed by atoms with Gasteiger partial charge in [-0.25, -0.2) is 0 Å². The molecule has 1 saturated carbocycles. The number of rotatable bonds is 7. The van der Waals surface area contributed by atoms with E-state index in [1.54, 1.807) is 0 Å². The Labute approximate surface area is 162 Å². The van der Waals surface area contributed by atoms with E-state index in [4.69, 9.17) is 5.73 Å². The molecule has 1 aliphatic carbocycles. The van der Waals surface area contributed by atoms with Crippen LogP contribution in [-0.4, -0.2) is 26.4 Å². The molecule has 0 saturated heterocycles. The molecular weight excluding hydrogens is 358 g/mol. The van der Waals surface area contributed by atoms with Crippen molar-refractivity contribution in [3.8, 4) is 0 Å². The van der Waals surface area contributed by atoms with Gasteiger partial charge in [0.1, 0.15) is 0 Å². The van der Waals surface area contributed by atoms with E-state index in [9.17, 15) is 4.79 Å². The first-order chi connectivity index (χ1) is 13.2. The molecule has 6 nitrogen and oxygen atoms in total. The van der Waals surface area contributed by atoms with Gasteiger partial charge < -0.3 is 11.1 Å². The average molecular weight is 379 g/mol. The first-order valence-electron chi connectivity index (χ1n) is 8.95. The van der Waals surface area contributed by atoms with Crippen molar-refractivity contribution in [3.63, 3.8) is 0 Å². The van der Waals surface area contributed by atoms with Gasteiger partial charge in [0.05, 0.1) is 5.75 Å². The molecule has 2 aromatic carbocycles. The fourth-order valence-corrected chi connectivity index (χ4v) is 3.80. The van der Waals surface area contributed by atoms with Gasteiger partial charge >= 0.3 is 0 Å². The smallest absolute Gasteiger partial charge is 0.234 e. The zero-order valence-electron chi connectivity index (χ0n) is 14.8. The van der Waals surface area contributed by atoms with Crippen LogP contribution in [0.25, 0.3) is 0 Å². The highest BCUT2D eigenvalue weighted by molar-refractivity contribution is 7.99. The standard InChI is InChI=1S/C20H21N5OS/c21-19-23-24-20(25(19)16-10-11-16)27-13-18(26)22-17-9-5-4-8-15(17)12-14-6-2-1-3-7-14/h1-9,16H,10-13H2,(H2,21,23)(H,22,26). The zero-order valence-corrected chi connectivity index (χ0v) is 15.7. The van der Waals surface area contributed by atoms with Gasteiger partial charge in [0.25, 0.3) is 0 Å². The van der Waals surface area contributed by atoms with Crippen LogP contribution in [0.4, 0.5) is 11.6 Å². The lowest BCUT2D eigenvalue weighted by atomic mass is 10.0. The minimum Gasteiger partial charge on any atom is -0.368 e. The Bertz CT molecular complexity index is 937. The summed E-state index contributed by atoms with van der Waals surface area (Å²) in [7, 11) is 0. The molecule has 0 bridgehead atoms.